The molecule has 23 heavy (non-hydrogen) atoms. The van der Waals surface area contributed by atoms with Gasteiger partial charge >= 0.3 is 0 Å². The number of hydrogen-bond acceptors (Lipinski definition) is 3. The first kappa shape index (κ1) is 14.5. The van der Waals surface area contributed by atoms with Crippen LogP contribution in [0.25, 0.3) is 11.3 Å². The second-order valence-corrected chi connectivity index (χ2v) is 6.50. The highest BCUT2D eigenvalue weighted by Crippen LogP contribution is 2.26. The Morgan fingerprint density at radius 2 is 2.22 bits per heavy atom. The Kier molecular flexibility index (Phi) is 3.65. The van der Waals surface area contributed by atoms with Crippen molar-refractivity contribution in [3.8, 4) is 11.3 Å². The SMILES string of the molecule is O=C(Cc1cccc(-c2cnc3n2CCC3)c1)c1ccc(Br)o1. The standard InChI is InChI=1S/C18H15BrN2O2/c19-17-7-6-16(23-17)15(22)10-12-3-1-4-13(9-12)14-11-20-18-5-2-8-21(14)18/h1,3-4,6-7,9,11H,2,5,8,10H2. The lowest BCUT2D eigenvalue weighted by molar-refractivity contribution is 0.0965. The van der Waals surface area contributed by atoms with Crippen LogP contribution in [-0.2, 0) is 19.4 Å². The molecule has 2 aromatic heterocycles. The van der Waals surface area contributed by atoms with E-state index >= 15 is 0 Å². The number of rotatable bonds is 4. The van der Waals surface area contributed by atoms with Crippen LogP contribution in [0.1, 0.15) is 28.4 Å². The third-order valence-corrected chi connectivity index (χ3v) is 4.58. The second kappa shape index (κ2) is 5.81. The van der Waals surface area contributed by atoms with E-state index in [2.05, 4.69) is 37.6 Å². The second-order valence-electron chi connectivity index (χ2n) is 5.72. The Morgan fingerprint density at radius 1 is 1.30 bits per heavy atom. The molecule has 1 aliphatic rings. The van der Waals surface area contributed by atoms with E-state index in [4.69, 9.17) is 4.42 Å². The van der Waals surface area contributed by atoms with Gasteiger partial charge in [0.15, 0.2) is 10.4 Å². The summed E-state index contributed by atoms with van der Waals surface area (Å²) in [6.45, 7) is 1.02. The van der Waals surface area contributed by atoms with Gasteiger partial charge in [0.2, 0.25) is 5.78 Å². The number of imidazole rings is 1. The Bertz CT molecular complexity index is 879. The molecular weight excluding hydrogens is 356 g/mol. The fraction of sp³-hybridized carbons (Fsp3) is 0.222. The highest BCUT2D eigenvalue weighted by Gasteiger charge is 2.17. The number of benzene rings is 1. The lowest BCUT2D eigenvalue weighted by atomic mass is 10.0. The number of halogens is 1. The predicted molar refractivity (Wildman–Crippen MR) is 90.4 cm³/mol. The van der Waals surface area contributed by atoms with Crippen molar-refractivity contribution in [1.29, 1.82) is 0 Å². The fourth-order valence-electron chi connectivity index (χ4n) is 3.07. The Balaban J connectivity index is 1.60. The summed E-state index contributed by atoms with van der Waals surface area (Å²) in [5.74, 6) is 1.51. The summed E-state index contributed by atoms with van der Waals surface area (Å²) in [6, 6.07) is 11.5. The van der Waals surface area contributed by atoms with E-state index in [9.17, 15) is 4.79 Å². The van der Waals surface area contributed by atoms with E-state index in [1.54, 1.807) is 12.1 Å². The summed E-state index contributed by atoms with van der Waals surface area (Å²) in [5, 5.41) is 0. The van der Waals surface area contributed by atoms with Gasteiger partial charge in [-0.1, -0.05) is 18.2 Å². The number of nitrogens with zero attached hydrogens (tertiary/aromatic N) is 2. The third-order valence-electron chi connectivity index (χ3n) is 4.16. The van der Waals surface area contributed by atoms with Crippen LogP contribution in [0.15, 0.2) is 51.7 Å². The van der Waals surface area contributed by atoms with Crippen LogP contribution in [0.3, 0.4) is 0 Å². The topological polar surface area (TPSA) is 48.0 Å². The molecule has 0 fully saturated rings. The molecule has 0 radical (unpaired) electrons. The number of fused-ring (bicyclic) bond motifs is 1. The number of aromatic nitrogens is 2. The molecule has 0 aliphatic carbocycles. The zero-order valence-corrected chi connectivity index (χ0v) is 14.0. The molecule has 116 valence electrons. The van der Waals surface area contributed by atoms with E-state index in [1.807, 2.05) is 18.3 Å². The molecule has 0 saturated carbocycles. The first-order valence-corrected chi connectivity index (χ1v) is 8.42. The van der Waals surface area contributed by atoms with E-state index < -0.39 is 0 Å². The van der Waals surface area contributed by atoms with Crippen LogP contribution in [0.2, 0.25) is 0 Å². The summed E-state index contributed by atoms with van der Waals surface area (Å²) in [6.07, 6.45) is 4.46. The zero-order chi connectivity index (χ0) is 15.8. The molecule has 0 bridgehead atoms. The lowest BCUT2D eigenvalue weighted by Crippen LogP contribution is -2.02. The van der Waals surface area contributed by atoms with Gasteiger partial charge in [0.25, 0.3) is 0 Å². The van der Waals surface area contributed by atoms with Gasteiger partial charge in [-0.3, -0.25) is 4.79 Å². The highest BCUT2D eigenvalue weighted by molar-refractivity contribution is 9.10. The number of furan rings is 1. The van der Waals surface area contributed by atoms with Crippen LogP contribution < -0.4 is 0 Å². The summed E-state index contributed by atoms with van der Waals surface area (Å²) in [7, 11) is 0. The first-order valence-electron chi connectivity index (χ1n) is 7.63. The number of Topliss-reactive ketones (excluding diaryl/α,β-unsaturated/α-hetero) is 1. The number of carbonyl (C=O) groups is 1. The molecule has 1 aromatic carbocycles. The van der Waals surface area contributed by atoms with Crippen molar-refractivity contribution in [3.63, 3.8) is 0 Å². The van der Waals surface area contributed by atoms with Crippen molar-refractivity contribution in [3.05, 3.63) is 64.4 Å². The number of hydrogen-bond donors (Lipinski definition) is 0. The molecule has 0 N–H and O–H groups in total. The fourth-order valence-corrected chi connectivity index (χ4v) is 3.37. The summed E-state index contributed by atoms with van der Waals surface area (Å²) >= 11 is 3.22. The maximum atomic E-state index is 12.3. The van der Waals surface area contributed by atoms with Gasteiger partial charge in [0.05, 0.1) is 11.9 Å². The molecular formula is C18H15BrN2O2. The Hall–Kier alpha value is -2.14. The largest absolute Gasteiger partial charge is 0.446 e. The smallest absolute Gasteiger partial charge is 0.202 e. The minimum Gasteiger partial charge on any atom is -0.446 e. The molecule has 4 nitrogen and oxygen atoms in total. The van der Waals surface area contributed by atoms with E-state index in [0.29, 0.717) is 16.9 Å². The quantitative estimate of drug-likeness (QED) is 0.644. The third kappa shape index (κ3) is 2.77. The van der Waals surface area contributed by atoms with Crippen LogP contribution in [0.4, 0.5) is 0 Å². The molecule has 0 amide bonds. The monoisotopic (exact) mass is 370 g/mol. The van der Waals surface area contributed by atoms with E-state index in [-0.39, 0.29) is 5.78 Å². The lowest BCUT2D eigenvalue weighted by Gasteiger charge is -2.07. The summed E-state index contributed by atoms with van der Waals surface area (Å²) in [5.41, 5.74) is 3.22. The van der Waals surface area contributed by atoms with E-state index in [0.717, 1.165) is 42.0 Å². The van der Waals surface area contributed by atoms with Crippen molar-refractivity contribution in [2.75, 3.05) is 0 Å². The Morgan fingerprint density at radius 3 is 3.04 bits per heavy atom. The minimum atomic E-state index is -0.0219. The van der Waals surface area contributed by atoms with Gasteiger partial charge in [-0.2, -0.15) is 0 Å². The van der Waals surface area contributed by atoms with Crippen molar-refractivity contribution in [2.24, 2.45) is 0 Å². The highest BCUT2D eigenvalue weighted by atomic mass is 79.9. The minimum absolute atomic E-state index is 0.0219. The molecule has 3 aromatic rings. The van der Waals surface area contributed by atoms with Gasteiger partial charge in [0, 0.05) is 24.9 Å². The van der Waals surface area contributed by atoms with Gasteiger partial charge < -0.3 is 8.98 Å². The van der Waals surface area contributed by atoms with Crippen LogP contribution >= 0.6 is 15.9 Å². The molecule has 0 spiro atoms. The maximum Gasteiger partial charge on any atom is 0.202 e. The van der Waals surface area contributed by atoms with Gasteiger partial charge in [-0.15, -0.1) is 0 Å². The Labute approximate surface area is 142 Å². The molecule has 0 atom stereocenters. The molecule has 3 heterocycles. The molecule has 5 heteroatoms. The molecule has 1 aliphatic heterocycles. The molecule has 0 saturated heterocycles. The summed E-state index contributed by atoms with van der Waals surface area (Å²) < 4.78 is 8.18. The number of aryl methyl sites for hydroxylation is 1. The van der Waals surface area contributed by atoms with Gasteiger partial charge in [-0.05, 0) is 46.1 Å². The van der Waals surface area contributed by atoms with Gasteiger partial charge in [0.1, 0.15) is 5.82 Å². The maximum absolute atomic E-state index is 12.3. The van der Waals surface area contributed by atoms with Crippen LogP contribution in [0, 0.1) is 0 Å². The number of carbonyl (C=O) groups excluding carboxylic acids is 1. The number of ketones is 1. The molecule has 0 unspecified atom stereocenters. The van der Waals surface area contributed by atoms with Crippen molar-refractivity contribution >= 4 is 21.7 Å². The average molecular weight is 371 g/mol. The zero-order valence-electron chi connectivity index (χ0n) is 12.5. The first-order chi connectivity index (χ1) is 11.2. The van der Waals surface area contributed by atoms with Crippen molar-refractivity contribution < 1.29 is 9.21 Å². The predicted octanol–water partition coefficient (Wildman–Crippen LogP) is 4.28. The molecule has 4 rings (SSSR count). The van der Waals surface area contributed by atoms with Crippen molar-refractivity contribution in [2.45, 2.75) is 25.8 Å². The normalized spacial score (nSPS) is 13.3. The van der Waals surface area contributed by atoms with Gasteiger partial charge in [-0.25, -0.2) is 4.98 Å². The average Bonchev–Trinajstić information content (AvgIpc) is 3.23. The van der Waals surface area contributed by atoms with Crippen LogP contribution in [-0.4, -0.2) is 15.3 Å². The summed E-state index contributed by atoms with van der Waals surface area (Å²) in [4.78, 5) is 16.8. The van der Waals surface area contributed by atoms with Crippen molar-refractivity contribution in [1.82, 2.24) is 9.55 Å². The van der Waals surface area contributed by atoms with Crippen LogP contribution in [0.5, 0.6) is 0 Å². The van der Waals surface area contributed by atoms with E-state index in [1.165, 1.54) is 0 Å².